The summed E-state index contributed by atoms with van der Waals surface area (Å²) in [5.74, 6) is 0.00462. The quantitative estimate of drug-likeness (QED) is 0.823. The summed E-state index contributed by atoms with van der Waals surface area (Å²) in [5.41, 5.74) is 2.71. The van der Waals surface area contributed by atoms with E-state index in [1.165, 1.54) is 0 Å². The number of aryl methyl sites for hydroxylation is 1. The van der Waals surface area contributed by atoms with E-state index in [1.807, 2.05) is 54.6 Å². The first kappa shape index (κ1) is 17.5. The molecular formula is C19H23N3O2. The molecule has 0 spiro atoms. The lowest BCUT2D eigenvalue weighted by Crippen LogP contribution is -2.22. The van der Waals surface area contributed by atoms with Crippen LogP contribution in [0.25, 0.3) is 0 Å². The molecule has 2 N–H and O–H groups in total. The van der Waals surface area contributed by atoms with Gasteiger partial charge in [-0.05, 0) is 36.2 Å². The molecule has 2 aromatic rings. The fourth-order valence-corrected chi connectivity index (χ4v) is 2.22. The van der Waals surface area contributed by atoms with Crippen molar-refractivity contribution in [2.45, 2.75) is 12.8 Å². The molecule has 0 aliphatic carbocycles. The number of rotatable bonds is 7. The van der Waals surface area contributed by atoms with Crippen molar-refractivity contribution >= 4 is 23.2 Å². The van der Waals surface area contributed by atoms with Gasteiger partial charge in [0.05, 0.1) is 6.54 Å². The van der Waals surface area contributed by atoms with Crippen LogP contribution in [0, 0.1) is 0 Å². The van der Waals surface area contributed by atoms with Crippen LogP contribution < -0.4 is 10.6 Å². The van der Waals surface area contributed by atoms with E-state index >= 15 is 0 Å². The van der Waals surface area contributed by atoms with Crippen molar-refractivity contribution in [2.24, 2.45) is 0 Å². The van der Waals surface area contributed by atoms with Crippen LogP contribution in [0.5, 0.6) is 0 Å². The Labute approximate surface area is 142 Å². The van der Waals surface area contributed by atoms with Crippen LogP contribution in [0.2, 0.25) is 0 Å². The second-order valence-electron chi connectivity index (χ2n) is 5.76. The van der Waals surface area contributed by atoms with Crippen molar-refractivity contribution < 1.29 is 9.59 Å². The van der Waals surface area contributed by atoms with Crippen LogP contribution in [0.15, 0.2) is 54.6 Å². The first-order valence-corrected chi connectivity index (χ1v) is 7.92. The minimum absolute atomic E-state index is 0.102. The van der Waals surface area contributed by atoms with Crippen LogP contribution in [0.3, 0.4) is 0 Å². The summed E-state index contributed by atoms with van der Waals surface area (Å²) in [7, 11) is 3.51. The Hall–Kier alpha value is -2.82. The SMILES string of the molecule is CN(C)C(=O)CCc1cccc(NCC(=O)Nc2ccccc2)c1. The molecule has 5 heteroatoms. The molecule has 0 saturated carbocycles. The van der Waals surface area contributed by atoms with Crippen LogP contribution in [-0.4, -0.2) is 37.4 Å². The summed E-state index contributed by atoms with van der Waals surface area (Å²) < 4.78 is 0. The van der Waals surface area contributed by atoms with Gasteiger partial charge in [0.2, 0.25) is 11.8 Å². The first-order chi connectivity index (χ1) is 11.5. The van der Waals surface area contributed by atoms with E-state index in [-0.39, 0.29) is 18.4 Å². The standard InChI is InChI=1S/C19H23N3O2/c1-22(2)19(24)12-11-15-7-6-10-17(13-15)20-14-18(23)21-16-8-4-3-5-9-16/h3-10,13,20H,11-12,14H2,1-2H3,(H,21,23). The van der Waals surface area contributed by atoms with Crippen molar-refractivity contribution in [1.29, 1.82) is 0 Å². The lowest BCUT2D eigenvalue weighted by molar-refractivity contribution is -0.128. The van der Waals surface area contributed by atoms with Gasteiger partial charge in [-0.15, -0.1) is 0 Å². The molecule has 0 heterocycles. The number of nitrogens with one attached hydrogen (secondary N) is 2. The number of anilines is 2. The highest BCUT2D eigenvalue weighted by atomic mass is 16.2. The van der Waals surface area contributed by atoms with Crippen molar-refractivity contribution in [3.8, 4) is 0 Å². The van der Waals surface area contributed by atoms with E-state index in [2.05, 4.69) is 10.6 Å². The predicted molar refractivity (Wildman–Crippen MR) is 97.0 cm³/mol. The summed E-state index contributed by atoms with van der Waals surface area (Å²) in [6, 6.07) is 17.1. The minimum atomic E-state index is -0.102. The van der Waals surface area contributed by atoms with E-state index in [9.17, 15) is 9.59 Å². The lowest BCUT2D eigenvalue weighted by atomic mass is 10.1. The Morgan fingerprint density at radius 3 is 2.38 bits per heavy atom. The fraction of sp³-hybridized carbons (Fsp3) is 0.263. The lowest BCUT2D eigenvalue weighted by Gasteiger charge is -2.11. The van der Waals surface area contributed by atoms with Gasteiger partial charge in [0, 0.05) is 31.9 Å². The van der Waals surface area contributed by atoms with Gasteiger partial charge >= 0.3 is 0 Å². The zero-order chi connectivity index (χ0) is 17.4. The molecule has 0 fully saturated rings. The average molecular weight is 325 g/mol. The van der Waals surface area contributed by atoms with Gasteiger partial charge in [-0.1, -0.05) is 30.3 Å². The number of carbonyl (C=O) groups excluding carboxylic acids is 2. The number of hydrogen-bond donors (Lipinski definition) is 2. The van der Waals surface area contributed by atoms with Crippen molar-refractivity contribution in [2.75, 3.05) is 31.3 Å². The molecule has 126 valence electrons. The van der Waals surface area contributed by atoms with Gasteiger partial charge in [-0.2, -0.15) is 0 Å². The second-order valence-corrected chi connectivity index (χ2v) is 5.76. The maximum Gasteiger partial charge on any atom is 0.243 e. The van der Waals surface area contributed by atoms with E-state index in [0.29, 0.717) is 12.8 Å². The Morgan fingerprint density at radius 2 is 1.67 bits per heavy atom. The minimum Gasteiger partial charge on any atom is -0.376 e. The van der Waals surface area contributed by atoms with Crippen LogP contribution >= 0.6 is 0 Å². The molecule has 0 aliphatic heterocycles. The van der Waals surface area contributed by atoms with E-state index in [4.69, 9.17) is 0 Å². The molecule has 2 amide bonds. The Morgan fingerprint density at radius 1 is 0.958 bits per heavy atom. The molecule has 0 aliphatic rings. The molecule has 0 saturated heterocycles. The largest absolute Gasteiger partial charge is 0.376 e. The Balaban J connectivity index is 1.83. The predicted octanol–water partition coefficient (Wildman–Crippen LogP) is 2.76. The topological polar surface area (TPSA) is 61.4 Å². The molecule has 0 aromatic heterocycles. The Bertz CT molecular complexity index is 684. The maximum absolute atomic E-state index is 11.9. The number of amides is 2. The van der Waals surface area contributed by atoms with Crippen molar-refractivity contribution in [1.82, 2.24) is 4.90 Å². The second kappa shape index (κ2) is 8.72. The third kappa shape index (κ3) is 5.76. The van der Waals surface area contributed by atoms with Gasteiger partial charge in [0.15, 0.2) is 0 Å². The molecule has 5 nitrogen and oxygen atoms in total. The molecular weight excluding hydrogens is 302 g/mol. The number of nitrogens with zero attached hydrogens (tertiary/aromatic N) is 1. The van der Waals surface area contributed by atoms with E-state index < -0.39 is 0 Å². The summed E-state index contributed by atoms with van der Waals surface area (Å²) in [6.45, 7) is 0.189. The smallest absolute Gasteiger partial charge is 0.243 e. The van der Waals surface area contributed by atoms with Gasteiger partial charge in [0.25, 0.3) is 0 Å². The van der Waals surface area contributed by atoms with Crippen LogP contribution in [-0.2, 0) is 16.0 Å². The van der Waals surface area contributed by atoms with Gasteiger partial charge in [-0.3, -0.25) is 9.59 Å². The number of carbonyl (C=O) groups is 2. The Kier molecular flexibility index (Phi) is 6.37. The van der Waals surface area contributed by atoms with Crippen molar-refractivity contribution in [3.05, 3.63) is 60.2 Å². The van der Waals surface area contributed by atoms with E-state index in [0.717, 1.165) is 16.9 Å². The van der Waals surface area contributed by atoms with Crippen LogP contribution in [0.4, 0.5) is 11.4 Å². The normalized spacial score (nSPS) is 10.1. The highest BCUT2D eigenvalue weighted by Gasteiger charge is 2.06. The zero-order valence-electron chi connectivity index (χ0n) is 14.1. The van der Waals surface area contributed by atoms with Crippen LogP contribution in [0.1, 0.15) is 12.0 Å². The van der Waals surface area contributed by atoms with Gasteiger partial charge in [0.1, 0.15) is 0 Å². The molecule has 0 radical (unpaired) electrons. The highest BCUT2D eigenvalue weighted by molar-refractivity contribution is 5.93. The van der Waals surface area contributed by atoms with Gasteiger partial charge in [-0.25, -0.2) is 0 Å². The number of hydrogen-bond acceptors (Lipinski definition) is 3. The summed E-state index contributed by atoms with van der Waals surface area (Å²) in [5, 5.41) is 5.94. The molecule has 2 aromatic carbocycles. The summed E-state index contributed by atoms with van der Waals surface area (Å²) in [6.07, 6.45) is 1.16. The first-order valence-electron chi connectivity index (χ1n) is 7.92. The molecule has 0 bridgehead atoms. The fourth-order valence-electron chi connectivity index (χ4n) is 2.22. The van der Waals surface area contributed by atoms with E-state index in [1.54, 1.807) is 19.0 Å². The maximum atomic E-state index is 11.9. The molecule has 24 heavy (non-hydrogen) atoms. The third-order valence-electron chi connectivity index (χ3n) is 3.56. The molecule has 2 rings (SSSR count). The highest BCUT2D eigenvalue weighted by Crippen LogP contribution is 2.13. The summed E-state index contributed by atoms with van der Waals surface area (Å²) in [4.78, 5) is 25.2. The van der Waals surface area contributed by atoms with Crippen molar-refractivity contribution in [3.63, 3.8) is 0 Å². The molecule has 0 atom stereocenters. The summed E-state index contributed by atoms with van der Waals surface area (Å²) >= 11 is 0. The monoisotopic (exact) mass is 325 g/mol. The zero-order valence-corrected chi connectivity index (χ0v) is 14.1. The average Bonchev–Trinajstić information content (AvgIpc) is 2.59. The van der Waals surface area contributed by atoms with Gasteiger partial charge < -0.3 is 15.5 Å². The third-order valence-corrected chi connectivity index (χ3v) is 3.56. The number of benzene rings is 2. The number of para-hydroxylation sites is 1. The molecule has 0 unspecified atom stereocenters.